The van der Waals surface area contributed by atoms with E-state index >= 15 is 0 Å². The summed E-state index contributed by atoms with van der Waals surface area (Å²) in [7, 11) is -2.70. The van der Waals surface area contributed by atoms with Crippen molar-refractivity contribution in [2.45, 2.75) is 4.90 Å². The molecule has 15 heavy (non-hydrogen) atoms. The Hall–Kier alpha value is 0.980. The minimum absolute atomic E-state index is 0.0150. The van der Waals surface area contributed by atoms with Gasteiger partial charge < -0.3 is 0 Å². The first-order valence-corrected chi connectivity index (χ1v) is 7.90. The van der Waals surface area contributed by atoms with Crippen LogP contribution in [0.4, 0.5) is 0 Å². The number of halogens is 4. The molecule has 0 atom stereocenters. The molecule has 0 fully saturated rings. The quantitative estimate of drug-likeness (QED) is 0.473. The Labute approximate surface area is 120 Å². The molecule has 0 unspecified atom stereocenters. The highest BCUT2D eigenvalue weighted by molar-refractivity contribution is 9.13. The van der Waals surface area contributed by atoms with Gasteiger partial charge in [-0.25, -0.2) is 4.98 Å². The minimum Gasteiger partial charge on any atom is -0.270 e. The number of aromatic nitrogens is 1. The summed E-state index contributed by atoms with van der Waals surface area (Å²) in [6, 6.07) is 0. The van der Waals surface area contributed by atoms with Crippen LogP contribution in [0.5, 0.6) is 0 Å². The van der Waals surface area contributed by atoms with Crippen molar-refractivity contribution in [3.63, 3.8) is 0 Å². The van der Waals surface area contributed by atoms with Gasteiger partial charge >= 0.3 is 0 Å². The first-order chi connectivity index (χ1) is 6.81. The highest BCUT2D eigenvalue weighted by Gasteiger charge is 2.25. The second-order valence-electron chi connectivity index (χ2n) is 2.27. The Balaban J connectivity index is 3.68. The lowest BCUT2D eigenvalue weighted by molar-refractivity contribution is 0.397. The van der Waals surface area contributed by atoms with Crippen molar-refractivity contribution in [1.82, 2.24) is 4.98 Å². The van der Waals surface area contributed by atoms with Gasteiger partial charge in [0.2, 0.25) is 0 Å². The third kappa shape index (κ3) is 2.81. The summed E-state index contributed by atoms with van der Waals surface area (Å²) in [4.78, 5) is 3.99. The van der Waals surface area contributed by atoms with E-state index < -0.39 is 10.1 Å². The number of hydrogen-bond donors (Lipinski definition) is 0. The second-order valence-corrected chi connectivity index (χ2v) is 7.01. The lowest BCUT2D eigenvalue weighted by atomic mass is 10.5. The van der Waals surface area contributed by atoms with Crippen LogP contribution in [-0.2, 0) is 14.3 Å². The predicted molar refractivity (Wildman–Crippen MR) is 69.2 cm³/mol. The molecular formula is C6H3Br4NO3S. The van der Waals surface area contributed by atoms with Crippen LogP contribution in [0.3, 0.4) is 0 Å². The Morgan fingerprint density at radius 3 is 1.80 bits per heavy atom. The highest BCUT2D eigenvalue weighted by atomic mass is 79.9. The van der Waals surface area contributed by atoms with Crippen molar-refractivity contribution in [1.29, 1.82) is 0 Å². The summed E-state index contributed by atoms with van der Waals surface area (Å²) < 4.78 is 29.0. The zero-order valence-corrected chi connectivity index (χ0v) is 14.3. The van der Waals surface area contributed by atoms with E-state index in [0.29, 0.717) is 18.2 Å². The minimum atomic E-state index is -3.80. The van der Waals surface area contributed by atoms with Crippen molar-refractivity contribution in [2.24, 2.45) is 0 Å². The van der Waals surface area contributed by atoms with Crippen LogP contribution in [0.2, 0.25) is 0 Å². The smallest absolute Gasteiger partial charge is 0.270 e. The maximum absolute atomic E-state index is 11.6. The van der Waals surface area contributed by atoms with Crippen LogP contribution in [0, 0.1) is 0 Å². The van der Waals surface area contributed by atoms with Crippen LogP contribution >= 0.6 is 63.7 Å². The zero-order chi connectivity index (χ0) is 11.8. The summed E-state index contributed by atoms with van der Waals surface area (Å²) in [6.07, 6.45) is 0. The van der Waals surface area contributed by atoms with Crippen molar-refractivity contribution >= 4 is 73.8 Å². The van der Waals surface area contributed by atoms with Gasteiger partial charge in [0.25, 0.3) is 10.1 Å². The fourth-order valence-corrected chi connectivity index (χ4v) is 4.85. The molecule has 9 heteroatoms. The molecule has 1 heterocycles. The molecular weight excluding hydrogens is 486 g/mol. The highest BCUT2D eigenvalue weighted by Crippen LogP contribution is 2.38. The van der Waals surface area contributed by atoms with Crippen molar-refractivity contribution < 1.29 is 12.6 Å². The lowest BCUT2D eigenvalue weighted by Crippen LogP contribution is -2.06. The molecule has 0 N–H and O–H groups in total. The van der Waals surface area contributed by atoms with Crippen molar-refractivity contribution in [3.05, 3.63) is 18.2 Å². The van der Waals surface area contributed by atoms with Gasteiger partial charge in [0, 0.05) is 0 Å². The Bertz CT molecular complexity index is 475. The van der Waals surface area contributed by atoms with Gasteiger partial charge in [0.05, 0.1) is 16.1 Å². The summed E-state index contributed by atoms with van der Waals surface area (Å²) in [5.74, 6) is 0. The molecule has 0 spiro atoms. The van der Waals surface area contributed by atoms with Crippen LogP contribution in [0.15, 0.2) is 23.0 Å². The zero-order valence-electron chi connectivity index (χ0n) is 7.09. The number of nitrogens with zero attached hydrogens (tertiary/aromatic N) is 1. The normalized spacial score (nSPS) is 11.8. The van der Waals surface area contributed by atoms with Crippen molar-refractivity contribution in [2.75, 3.05) is 7.11 Å². The largest absolute Gasteiger partial charge is 0.299 e. The summed E-state index contributed by atoms with van der Waals surface area (Å²) >= 11 is 12.5. The van der Waals surface area contributed by atoms with E-state index in [1.54, 1.807) is 0 Å². The standard InChI is InChI=1S/C6H3Br4NO3S/c1-14-15(12,13)4-2(7)5(9)11-6(10)3(4)8/h1H3. The first kappa shape index (κ1) is 14.0. The molecule has 0 saturated heterocycles. The molecule has 0 aliphatic heterocycles. The van der Waals surface area contributed by atoms with Crippen LogP contribution in [0.1, 0.15) is 0 Å². The van der Waals surface area contributed by atoms with Gasteiger partial charge in [-0.3, -0.25) is 4.18 Å². The molecule has 0 saturated carbocycles. The molecule has 0 radical (unpaired) electrons. The Morgan fingerprint density at radius 2 is 1.47 bits per heavy atom. The van der Waals surface area contributed by atoms with E-state index in [2.05, 4.69) is 72.9 Å². The van der Waals surface area contributed by atoms with E-state index in [1.165, 1.54) is 0 Å². The molecule has 0 bridgehead atoms. The maximum atomic E-state index is 11.6. The van der Waals surface area contributed by atoms with Gasteiger partial charge in [-0.05, 0) is 63.7 Å². The number of hydrogen-bond acceptors (Lipinski definition) is 4. The molecule has 1 aromatic heterocycles. The van der Waals surface area contributed by atoms with Gasteiger partial charge in [0.15, 0.2) is 0 Å². The lowest BCUT2D eigenvalue weighted by Gasteiger charge is -2.09. The number of pyridine rings is 1. The molecule has 1 rings (SSSR count). The fraction of sp³-hybridized carbons (Fsp3) is 0.167. The molecule has 0 amide bonds. The summed E-state index contributed by atoms with van der Waals surface area (Å²) in [5, 5.41) is 0. The molecule has 4 nitrogen and oxygen atoms in total. The van der Waals surface area contributed by atoms with E-state index in [1.807, 2.05) is 0 Å². The van der Waals surface area contributed by atoms with Gasteiger partial charge in [-0.1, -0.05) is 0 Å². The average molecular weight is 489 g/mol. The van der Waals surface area contributed by atoms with E-state index in [-0.39, 0.29) is 4.90 Å². The molecule has 0 aliphatic carbocycles. The number of rotatable bonds is 2. The van der Waals surface area contributed by atoms with Gasteiger partial charge in [-0.15, -0.1) is 0 Å². The summed E-state index contributed by atoms with van der Waals surface area (Å²) in [6.45, 7) is 0. The molecule has 0 aliphatic rings. The van der Waals surface area contributed by atoms with E-state index in [9.17, 15) is 8.42 Å². The van der Waals surface area contributed by atoms with Gasteiger partial charge in [-0.2, -0.15) is 8.42 Å². The topological polar surface area (TPSA) is 56.3 Å². The fourth-order valence-electron chi connectivity index (χ4n) is 0.771. The third-order valence-electron chi connectivity index (χ3n) is 1.43. The van der Waals surface area contributed by atoms with E-state index in [4.69, 9.17) is 0 Å². The second kappa shape index (κ2) is 5.09. The van der Waals surface area contributed by atoms with Gasteiger partial charge in [0.1, 0.15) is 14.1 Å². The molecule has 1 aromatic rings. The predicted octanol–water partition coefficient (Wildman–Crippen LogP) is 3.47. The SMILES string of the molecule is COS(=O)(=O)c1c(Br)c(Br)nc(Br)c1Br. The van der Waals surface area contributed by atoms with Crippen LogP contribution in [0.25, 0.3) is 0 Å². The molecule has 0 aromatic carbocycles. The maximum Gasteiger partial charge on any atom is 0.299 e. The Kier molecular flexibility index (Phi) is 4.77. The average Bonchev–Trinajstić information content (AvgIpc) is 2.15. The van der Waals surface area contributed by atoms with Crippen LogP contribution in [-0.4, -0.2) is 20.5 Å². The summed E-state index contributed by atoms with van der Waals surface area (Å²) in [5.41, 5.74) is 0. The van der Waals surface area contributed by atoms with E-state index in [0.717, 1.165) is 7.11 Å². The molecule has 84 valence electrons. The third-order valence-corrected chi connectivity index (χ3v) is 7.05. The van der Waals surface area contributed by atoms with Crippen molar-refractivity contribution in [3.8, 4) is 0 Å². The van der Waals surface area contributed by atoms with Crippen LogP contribution < -0.4 is 0 Å². The first-order valence-electron chi connectivity index (χ1n) is 3.32. The Morgan fingerprint density at radius 1 is 1.07 bits per heavy atom. The monoisotopic (exact) mass is 485 g/mol.